The molecular weight excluding hydrogens is 356 g/mol. The summed E-state index contributed by atoms with van der Waals surface area (Å²) >= 11 is 0. The van der Waals surface area contributed by atoms with E-state index in [4.69, 9.17) is 0 Å². The molecule has 3 rings (SSSR count). The van der Waals surface area contributed by atoms with Crippen molar-refractivity contribution in [2.45, 2.75) is 4.90 Å². The van der Waals surface area contributed by atoms with E-state index in [-0.39, 0.29) is 10.6 Å². The second-order valence-corrected chi connectivity index (χ2v) is 6.96. The van der Waals surface area contributed by atoms with Gasteiger partial charge in [-0.15, -0.1) is 0 Å². The van der Waals surface area contributed by atoms with Crippen molar-refractivity contribution in [3.05, 3.63) is 71.4 Å². The molecule has 1 aliphatic rings. The standard InChI is InChI=1S/C17H14N4O4S/c22-16-15(19-17(23)20-16)10-12-6-8-14(9-7-12)26(24,25)21-18-11-13-4-2-1-3-5-13/h1-11,21H,(H2,19,20,22,23)/b15-10-,18-11+. The monoisotopic (exact) mass is 370 g/mol. The van der Waals surface area contributed by atoms with Crippen molar-refractivity contribution in [3.63, 3.8) is 0 Å². The lowest BCUT2D eigenvalue weighted by Crippen LogP contribution is -2.22. The number of urea groups is 1. The largest absolute Gasteiger partial charge is 0.326 e. The van der Waals surface area contributed by atoms with E-state index in [1.807, 2.05) is 18.2 Å². The van der Waals surface area contributed by atoms with Crippen LogP contribution in [-0.4, -0.2) is 26.6 Å². The number of imide groups is 1. The lowest BCUT2D eigenvalue weighted by Gasteiger charge is -2.04. The molecule has 1 heterocycles. The zero-order chi connectivity index (χ0) is 18.6. The number of rotatable bonds is 5. The molecule has 0 spiro atoms. The Bertz CT molecular complexity index is 997. The molecule has 0 radical (unpaired) electrons. The fourth-order valence-corrected chi connectivity index (χ4v) is 2.95. The van der Waals surface area contributed by atoms with Gasteiger partial charge in [0.15, 0.2) is 0 Å². The third-order valence-electron chi connectivity index (χ3n) is 3.41. The molecule has 26 heavy (non-hydrogen) atoms. The second kappa shape index (κ2) is 7.19. The Balaban J connectivity index is 1.71. The number of benzene rings is 2. The fourth-order valence-electron chi connectivity index (χ4n) is 2.15. The Hall–Kier alpha value is -3.46. The summed E-state index contributed by atoms with van der Waals surface area (Å²) in [6.07, 6.45) is 2.84. The Morgan fingerprint density at radius 1 is 0.885 bits per heavy atom. The van der Waals surface area contributed by atoms with Gasteiger partial charge in [-0.2, -0.15) is 13.5 Å². The maximum absolute atomic E-state index is 12.2. The summed E-state index contributed by atoms with van der Waals surface area (Å²) in [5, 5.41) is 8.17. The molecule has 3 N–H and O–H groups in total. The minimum Gasteiger partial charge on any atom is -0.303 e. The Morgan fingerprint density at radius 2 is 1.58 bits per heavy atom. The van der Waals surface area contributed by atoms with Crippen LogP contribution in [0.25, 0.3) is 6.08 Å². The van der Waals surface area contributed by atoms with Crippen molar-refractivity contribution >= 4 is 34.3 Å². The minimum atomic E-state index is -3.81. The van der Waals surface area contributed by atoms with Crippen LogP contribution in [0.1, 0.15) is 11.1 Å². The predicted octanol–water partition coefficient (Wildman–Crippen LogP) is 1.18. The van der Waals surface area contributed by atoms with E-state index in [9.17, 15) is 18.0 Å². The predicted molar refractivity (Wildman–Crippen MR) is 95.5 cm³/mol. The molecular formula is C17H14N4O4S. The summed E-state index contributed by atoms with van der Waals surface area (Å²) in [5.41, 5.74) is 1.41. The molecule has 1 fully saturated rings. The summed E-state index contributed by atoms with van der Waals surface area (Å²) in [6.45, 7) is 0. The van der Waals surface area contributed by atoms with Crippen molar-refractivity contribution in [2.75, 3.05) is 0 Å². The maximum Gasteiger partial charge on any atom is 0.326 e. The van der Waals surface area contributed by atoms with Gasteiger partial charge >= 0.3 is 6.03 Å². The molecule has 0 atom stereocenters. The highest BCUT2D eigenvalue weighted by atomic mass is 32.2. The molecule has 0 saturated carbocycles. The summed E-state index contributed by atoms with van der Waals surface area (Å²) < 4.78 is 24.4. The van der Waals surface area contributed by atoms with E-state index < -0.39 is 22.0 Å². The highest BCUT2D eigenvalue weighted by Crippen LogP contribution is 2.13. The summed E-state index contributed by atoms with van der Waals surface area (Å²) in [6, 6.07) is 14.2. The number of amides is 3. The molecule has 8 nitrogen and oxygen atoms in total. The van der Waals surface area contributed by atoms with Gasteiger partial charge in [0, 0.05) is 0 Å². The quantitative estimate of drug-likeness (QED) is 0.317. The summed E-state index contributed by atoms with van der Waals surface area (Å²) in [7, 11) is -3.81. The topological polar surface area (TPSA) is 117 Å². The number of carbonyl (C=O) groups is 2. The molecule has 0 aromatic heterocycles. The number of hydrogen-bond donors (Lipinski definition) is 3. The third kappa shape index (κ3) is 4.14. The van der Waals surface area contributed by atoms with Gasteiger partial charge in [-0.3, -0.25) is 10.1 Å². The molecule has 1 aliphatic heterocycles. The van der Waals surface area contributed by atoms with Crippen LogP contribution in [0.5, 0.6) is 0 Å². The van der Waals surface area contributed by atoms with Gasteiger partial charge in [0.05, 0.1) is 11.1 Å². The SMILES string of the molecule is O=C1NC(=O)/C(=C/c2ccc(S(=O)(=O)N/N=C/c3ccccc3)cc2)N1. The van der Waals surface area contributed by atoms with E-state index in [2.05, 4.69) is 20.6 Å². The second-order valence-electron chi connectivity index (χ2n) is 5.30. The zero-order valence-corrected chi connectivity index (χ0v) is 14.2. The number of carbonyl (C=O) groups excluding carboxylic acids is 2. The van der Waals surface area contributed by atoms with Gasteiger partial charge in [-0.05, 0) is 29.3 Å². The fraction of sp³-hybridized carbons (Fsp3) is 0. The van der Waals surface area contributed by atoms with Gasteiger partial charge in [-0.1, -0.05) is 42.5 Å². The first-order valence-corrected chi connectivity index (χ1v) is 8.96. The zero-order valence-electron chi connectivity index (χ0n) is 13.3. The molecule has 2 aromatic rings. The molecule has 0 aliphatic carbocycles. The van der Waals surface area contributed by atoms with Crippen molar-refractivity contribution in [1.29, 1.82) is 0 Å². The highest BCUT2D eigenvalue weighted by molar-refractivity contribution is 7.89. The number of nitrogens with zero attached hydrogens (tertiary/aromatic N) is 1. The van der Waals surface area contributed by atoms with Crippen LogP contribution in [0.3, 0.4) is 0 Å². The Morgan fingerprint density at radius 3 is 2.19 bits per heavy atom. The number of hydrogen-bond acceptors (Lipinski definition) is 5. The van der Waals surface area contributed by atoms with Crippen LogP contribution < -0.4 is 15.5 Å². The van der Waals surface area contributed by atoms with Crippen molar-refractivity contribution < 1.29 is 18.0 Å². The van der Waals surface area contributed by atoms with Crippen LogP contribution in [0, 0.1) is 0 Å². The Labute approximate surface area is 149 Å². The van der Waals surface area contributed by atoms with Crippen molar-refractivity contribution in [2.24, 2.45) is 5.10 Å². The Kier molecular flexibility index (Phi) is 4.81. The van der Waals surface area contributed by atoms with Gasteiger partial charge < -0.3 is 5.32 Å². The average Bonchev–Trinajstić information content (AvgIpc) is 2.93. The van der Waals surface area contributed by atoms with Gasteiger partial charge in [0.1, 0.15) is 5.70 Å². The molecule has 0 bridgehead atoms. The van der Waals surface area contributed by atoms with Gasteiger partial charge in [0.25, 0.3) is 15.9 Å². The van der Waals surface area contributed by atoms with Gasteiger partial charge in [-0.25, -0.2) is 9.63 Å². The molecule has 3 amide bonds. The summed E-state index contributed by atoms with van der Waals surface area (Å²) in [4.78, 5) is 24.7. The van der Waals surface area contributed by atoms with Crippen LogP contribution >= 0.6 is 0 Å². The number of nitrogens with one attached hydrogen (secondary N) is 3. The lowest BCUT2D eigenvalue weighted by molar-refractivity contribution is -0.115. The van der Waals surface area contributed by atoms with E-state index in [1.54, 1.807) is 12.1 Å². The van der Waals surface area contributed by atoms with Crippen LogP contribution in [0.15, 0.2) is 70.3 Å². The van der Waals surface area contributed by atoms with E-state index in [1.165, 1.54) is 36.6 Å². The van der Waals surface area contributed by atoms with Crippen molar-refractivity contribution in [1.82, 2.24) is 15.5 Å². The average molecular weight is 370 g/mol. The van der Waals surface area contributed by atoms with Crippen LogP contribution in [-0.2, 0) is 14.8 Å². The van der Waals surface area contributed by atoms with Crippen LogP contribution in [0.4, 0.5) is 4.79 Å². The van der Waals surface area contributed by atoms with E-state index in [0.29, 0.717) is 5.56 Å². The smallest absolute Gasteiger partial charge is 0.303 e. The molecule has 0 unspecified atom stereocenters. The first-order chi connectivity index (χ1) is 12.4. The molecule has 2 aromatic carbocycles. The first kappa shape index (κ1) is 17.4. The van der Waals surface area contributed by atoms with Gasteiger partial charge in [0.2, 0.25) is 0 Å². The lowest BCUT2D eigenvalue weighted by atomic mass is 10.2. The molecule has 1 saturated heterocycles. The minimum absolute atomic E-state index is 0.0183. The number of sulfonamides is 1. The summed E-state index contributed by atoms with van der Waals surface area (Å²) in [5.74, 6) is -0.538. The van der Waals surface area contributed by atoms with Crippen molar-refractivity contribution in [3.8, 4) is 0 Å². The van der Waals surface area contributed by atoms with E-state index in [0.717, 1.165) is 5.56 Å². The normalized spacial score (nSPS) is 15.9. The highest BCUT2D eigenvalue weighted by Gasteiger charge is 2.22. The van der Waals surface area contributed by atoms with Crippen LogP contribution in [0.2, 0.25) is 0 Å². The molecule has 132 valence electrons. The third-order valence-corrected chi connectivity index (χ3v) is 4.65. The molecule has 9 heteroatoms. The maximum atomic E-state index is 12.2. The first-order valence-electron chi connectivity index (χ1n) is 7.48. The van der Waals surface area contributed by atoms with E-state index >= 15 is 0 Å². The number of hydrazone groups is 1.